The minimum atomic E-state index is -0.143. The van der Waals surface area contributed by atoms with Crippen molar-refractivity contribution in [3.05, 3.63) is 71.0 Å². The molecule has 98 valence electrons. The van der Waals surface area contributed by atoms with Crippen LogP contribution in [0, 0.1) is 12.7 Å². The lowest BCUT2D eigenvalue weighted by Gasteiger charge is -2.44. The van der Waals surface area contributed by atoms with Crippen LogP contribution in [0.3, 0.4) is 0 Å². The molecule has 1 fully saturated rings. The van der Waals surface area contributed by atoms with E-state index >= 15 is 0 Å². The second-order valence-corrected chi connectivity index (χ2v) is 5.50. The average Bonchev–Trinajstić information content (AvgIpc) is 2.39. The lowest BCUT2D eigenvalue weighted by Crippen LogP contribution is -2.58. The molecule has 2 heteroatoms. The van der Waals surface area contributed by atoms with Gasteiger partial charge in [-0.3, -0.25) is 0 Å². The summed E-state index contributed by atoms with van der Waals surface area (Å²) < 4.78 is 13.4. The summed E-state index contributed by atoms with van der Waals surface area (Å²) in [4.78, 5) is 0. The smallest absolute Gasteiger partial charge is 0.123 e. The summed E-state index contributed by atoms with van der Waals surface area (Å²) in [6, 6.07) is 15.6. The second-order valence-electron chi connectivity index (χ2n) is 5.50. The van der Waals surface area contributed by atoms with Crippen LogP contribution in [0.1, 0.15) is 16.7 Å². The fourth-order valence-electron chi connectivity index (χ4n) is 2.84. The molecule has 0 radical (unpaired) electrons. The number of benzene rings is 2. The third-order valence-electron chi connectivity index (χ3n) is 4.15. The summed E-state index contributed by atoms with van der Waals surface area (Å²) in [5.74, 6) is -0.143. The van der Waals surface area contributed by atoms with Gasteiger partial charge in [-0.15, -0.1) is 0 Å². The molecule has 0 bridgehead atoms. The van der Waals surface area contributed by atoms with Crippen LogP contribution in [0.15, 0.2) is 48.5 Å². The number of halogens is 1. The van der Waals surface area contributed by atoms with Gasteiger partial charge in [0.25, 0.3) is 0 Å². The Balaban J connectivity index is 1.94. The van der Waals surface area contributed by atoms with E-state index in [2.05, 4.69) is 36.5 Å². The summed E-state index contributed by atoms with van der Waals surface area (Å²) in [6.07, 6.45) is 0.896. The Morgan fingerprint density at radius 1 is 1.11 bits per heavy atom. The van der Waals surface area contributed by atoms with Crippen LogP contribution >= 0.6 is 0 Å². The van der Waals surface area contributed by atoms with E-state index < -0.39 is 0 Å². The van der Waals surface area contributed by atoms with Crippen LogP contribution in [-0.2, 0) is 11.8 Å². The molecule has 0 saturated carbocycles. The monoisotopic (exact) mass is 255 g/mol. The fourth-order valence-corrected chi connectivity index (χ4v) is 2.84. The van der Waals surface area contributed by atoms with Crippen LogP contribution in [-0.4, -0.2) is 13.1 Å². The molecule has 1 saturated heterocycles. The average molecular weight is 255 g/mol. The first kappa shape index (κ1) is 12.4. The molecule has 2 aromatic carbocycles. The first-order valence-electron chi connectivity index (χ1n) is 6.71. The van der Waals surface area contributed by atoms with Crippen molar-refractivity contribution in [1.29, 1.82) is 0 Å². The largest absolute Gasteiger partial charge is 0.315 e. The molecule has 0 aromatic heterocycles. The number of rotatable bonds is 3. The van der Waals surface area contributed by atoms with Gasteiger partial charge < -0.3 is 5.32 Å². The summed E-state index contributed by atoms with van der Waals surface area (Å²) in [5, 5.41) is 3.36. The van der Waals surface area contributed by atoms with Gasteiger partial charge >= 0.3 is 0 Å². The van der Waals surface area contributed by atoms with Gasteiger partial charge in [-0.25, -0.2) is 4.39 Å². The van der Waals surface area contributed by atoms with E-state index in [1.165, 1.54) is 17.2 Å². The second kappa shape index (κ2) is 4.78. The van der Waals surface area contributed by atoms with Crippen molar-refractivity contribution in [1.82, 2.24) is 5.32 Å². The normalized spacial score (nSPS) is 16.9. The van der Waals surface area contributed by atoms with Gasteiger partial charge in [0.05, 0.1) is 0 Å². The molecule has 1 N–H and O–H groups in total. The molecule has 0 atom stereocenters. The molecule has 3 rings (SSSR count). The van der Waals surface area contributed by atoms with Crippen molar-refractivity contribution in [2.24, 2.45) is 0 Å². The van der Waals surface area contributed by atoms with E-state index in [1.54, 1.807) is 6.07 Å². The van der Waals surface area contributed by atoms with Crippen LogP contribution in [0.5, 0.6) is 0 Å². The standard InChI is InChI=1S/C17H18FN/c1-13-7-8-16(18)9-14(13)10-17(11-19-12-17)15-5-3-2-4-6-15/h2-9,19H,10-12H2,1H3. The predicted molar refractivity (Wildman–Crippen MR) is 75.8 cm³/mol. The Bertz CT molecular complexity index is 573. The van der Waals surface area contributed by atoms with E-state index in [0.717, 1.165) is 25.1 Å². The Labute approximate surface area is 113 Å². The zero-order valence-corrected chi connectivity index (χ0v) is 11.1. The number of hydrogen-bond donors (Lipinski definition) is 1. The highest BCUT2D eigenvalue weighted by Gasteiger charge is 2.38. The van der Waals surface area contributed by atoms with Crippen molar-refractivity contribution in [3.8, 4) is 0 Å². The van der Waals surface area contributed by atoms with Crippen LogP contribution in [0.2, 0.25) is 0 Å². The number of nitrogens with one attached hydrogen (secondary N) is 1. The molecule has 1 aliphatic heterocycles. The van der Waals surface area contributed by atoms with E-state index in [4.69, 9.17) is 0 Å². The Hall–Kier alpha value is -1.67. The SMILES string of the molecule is Cc1ccc(F)cc1CC1(c2ccccc2)CNC1. The topological polar surface area (TPSA) is 12.0 Å². The molecule has 1 heterocycles. The Morgan fingerprint density at radius 2 is 1.84 bits per heavy atom. The zero-order chi connectivity index (χ0) is 13.3. The highest BCUT2D eigenvalue weighted by Crippen LogP contribution is 2.33. The first-order valence-corrected chi connectivity index (χ1v) is 6.71. The predicted octanol–water partition coefficient (Wildman–Crippen LogP) is 3.22. The third kappa shape index (κ3) is 2.28. The Morgan fingerprint density at radius 3 is 2.47 bits per heavy atom. The summed E-state index contributed by atoms with van der Waals surface area (Å²) in [6.45, 7) is 3.99. The van der Waals surface area contributed by atoms with E-state index in [0.29, 0.717) is 0 Å². The van der Waals surface area contributed by atoms with Crippen molar-refractivity contribution >= 4 is 0 Å². The maximum absolute atomic E-state index is 13.4. The molecule has 2 aromatic rings. The maximum atomic E-state index is 13.4. The van der Waals surface area contributed by atoms with Crippen molar-refractivity contribution in [2.75, 3.05) is 13.1 Å². The van der Waals surface area contributed by atoms with Gasteiger partial charge in [-0.05, 0) is 42.2 Å². The van der Waals surface area contributed by atoms with Crippen LogP contribution in [0.25, 0.3) is 0 Å². The van der Waals surface area contributed by atoms with Crippen molar-refractivity contribution in [2.45, 2.75) is 18.8 Å². The van der Waals surface area contributed by atoms with Gasteiger partial charge in [0.15, 0.2) is 0 Å². The molecule has 0 unspecified atom stereocenters. The molecule has 0 spiro atoms. The minimum Gasteiger partial charge on any atom is -0.315 e. The molecular weight excluding hydrogens is 237 g/mol. The zero-order valence-electron chi connectivity index (χ0n) is 11.1. The highest BCUT2D eigenvalue weighted by molar-refractivity contribution is 5.36. The Kier molecular flexibility index (Phi) is 3.11. The van der Waals surface area contributed by atoms with Gasteiger partial charge in [0.2, 0.25) is 0 Å². The summed E-state index contributed by atoms with van der Waals surface area (Å²) in [7, 11) is 0. The van der Waals surface area contributed by atoms with Crippen molar-refractivity contribution in [3.63, 3.8) is 0 Å². The van der Waals surface area contributed by atoms with E-state index in [1.807, 2.05) is 12.1 Å². The van der Waals surface area contributed by atoms with Crippen LogP contribution < -0.4 is 5.32 Å². The fraction of sp³-hybridized carbons (Fsp3) is 0.294. The number of aryl methyl sites for hydroxylation is 1. The number of hydrogen-bond acceptors (Lipinski definition) is 1. The highest BCUT2D eigenvalue weighted by atomic mass is 19.1. The van der Waals surface area contributed by atoms with Crippen molar-refractivity contribution < 1.29 is 4.39 Å². The first-order chi connectivity index (χ1) is 9.20. The van der Waals surface area contributed by atoms with Gasteiger partial charge in [-0.2, -0.15) is 0 Å². The molecular formula is C17H18FN. The quantitative estimate of drug-likeness (QED) is 0.888. The molecule has 19 heavy (non-hydrogen) atoms. The van der Waals surface area contributed by atoms with Crippen LogP contribution in [0.4, 0.5) is 4.39 Å². The third-order valence-corrected chi connectivity index (χ3v) is 4.15. The van der Waals surface area contributed by atoms with E-state index in [9.17, 15) is 4.39 Å². The minimum absolute atomic E-state index is 0.125. The lowest BCUT2D eigenvalue weighted by atomic mass is 9.70. The molecule has 0 amide bonds. The summed E-state index contributed by atoms with van der Waals surface area (Å²) in [5.41, 5.74) is 3.76. The molecule has 1 nitrogen and oxygen atoms in total. The maximum Gasteiger partial charge on any atom is 0.123 e. The molecule has 0 aliphatic carbocycles. The van der Waals surface area contributed by atoms with Gasteiger partial charge in [0.1, 0.15) is 5.82 Å². The van der Waals surface area contributed by atoms with Gasteiger partial charge in [0, 0.05) is 18.5 Å². The van der Waals surface area contributed by atoms with Gasteiger partial charge in [-0.1, -0.05) is 36.4 Å². The lowest BCUT2D eigenvalue weighted by molar-refractivity contribution is 0.274. The summed E-state index contributed by atoms with van der Waals surface area (Å²) >= 11 is 0. The molecule has 1 aliphatic rings. The van der Waals surface area contributed by atoms with E-state index in [-0.39, 0.29) is 11.2 Å².